The number of imide groups is 1. The average Bonchev–Trinajstić information content (AvgIpc) is 3.25. The number of aliphatic hydroxyl groups is 3. The lowest BCUT2D eigenvalue weighted by Crippen LogP contribution is -2.39. The Hall–Kier alpha value is -3.56. The number of phenolic OH excluding ortho intramolecular Hbond substituents is 1. The predicted octanol–water partition coefficient (Wildman–Crippen LogP) is 4.94. The largest absolute Gasteiger partial charge is 0.507 e. The lowest BCUT2D eigenvalue weighted by Gasteiger charge is -2.36. The van der Waals surface area contributed by atoms with Crippen molar-refractivity contribution in [3.8, 4) is 5.75 Å². The Kier molecular flexibility index (Phi) is 8.85. The number of carbonyl (C=O) groups excluding carboxylic acids is 2. The van der Waals surface area contributed by atoms with Crippen molar-refractivity contribution in [2.75, 3.05) is 18.1 Å². The van der Waals surface area contributed by atoms with Gasteiger partial charge in [0.1, 0.15) is 5.75 Å². The average molecular weight is 619 g/mol. The van der Waals surface area contributed by atoms with Crippen LogP contribution in [0.3, 0.4) is 0 Å². The molecule has 5 rings (SSSR count). The van der Waals surface area contributed by atoms with Crippen LogP contribution in [0.1, 0.15) is 30.4 Å². The fourth-order valence-electron chi connectivity index (χ4n) is 6.17. The second kappa shape index (κ2) is 12.5. The summed E-state index contributed by atoms with van der Waals surface area (Å²) in [6.45, 7) is -0.821. The maximum absolute atomic E-state index is 13.6. The number of nitrogens with zero attached hydrogens (tertiary/aromatic N) is 1. The van der Waals surface area contributed by atoms with Crippen molar-refractivity contribution in [3.05, 3.63) is 106 Å². The van der Waals surface area contributed by atoms with Gasteiger partial charge in [-0.05, 0) is 78.0 Å². The summed E-state index contributed by atoms with van der Waals surface area (Å²) in [5, 5.41) is 42.7. The Morgan fingerprint density at radius 3 is 2.32 bits per heavy atom. The second-order valence-electron chi connectivity index (χ2n) is 10.5. The van der Waals surface area contributed by atoms with Crippen LogP contribution in [0, 0.1) is 17.8 Å². The van der Waals surface area contributed by atoms with Crippen LogP contribution in [-0.4, -0.2) is 51.6 Å². The summed E-state index contributed by atoms with van der Waals surface area (Å²) in [6.07, 6.45) is 1.61. The molecule has 4 N–H and O–H groups in total. The third kappa shape index (κ3) is 5.78. The molecular formula is C33H32BrNO6. The van der Waals surface area contributed by atoms with E-state index in [-0.39, 0.29) is 31.1 Å². The van der Waals surface area contributed by atoms with Gasteiger partial charge in [-0.3, -0.25) is 14.5 Å². The number of hydrogen-bond acceptors (Lipinski definition) is 6. The molecule has 0 aromatic heterocycles. The zero-order valence-corrected chi connectivity index (χ0v) is 23.9. The number of amides is 2. The van der Waals surface area contributed by atoms with E-state index in [1.807, 2.05) is 42.5 Å². The smallest absolute Gasteiger partial charge is 0.238 e. The highest BCUT2D eigenvalue weighted by Gasteiger charge is 2.55. The molecule has 212 valence electrons. The molecule has 0 radical (unpaired) electrons. The van der Waals surface area contributed by atoms with E-state index in [4.69, 9.17) is 0 Å². The van der Waals surface area contributed by atoms with E-state index in [0.29, 0.717) is 28.8 Å². The monoisotopic (exact) mass is 617 g/mol. The highest BCUT2D eigenvalue weighted by atomic mass is 79.9. The number of aliphatic hydroxyl groups excluding tert-OH is 3. The summed E-state index contributed by atoms with van der Waals surface area (Å²) in [4.78, 5) is 28.1. The molecule has 0 spiro atoms. The number of halogens is 1. The molecule has 0 unspecified atom stereocenters. The number of fused-ring (bicyclic) bond motifs is 1. The summed E-state index contributed by atoms with van der Waals surface area (Å²) in [7, 11) is 0. The van der Waals surface area contributed by atoms with Gasteiger partial charge >= 0.3 is 0 Å². The first-order valence-electron chi connectivity index (χ1n) is 13.6. The number of hydrogen-bond donors (Lipinski definition) is 4. The first-order chi connectivity index (χ1) is 19.8. The molecule has 4 atom stereocenters. The topological polar surface area (TPSA) is 118 Å². The number of aromatic hydroxyl groups is 1. The minimum Gasteiger partial charge on any atom is -0.507 e. The molecule has 1 heterocycles. The third-order valence-electron chi connectivity index (χ3n) is 8.10. The maximum Gasteiger partial charge on any atom is 0.238 e. The number of allylic oxidation sites excluding steroid dienone is 1. The van der Waals surface area contributed by atoms with Gasteiger partial charge in [-0.1, -0.05) is 64.5 Å². The van der Waals surface area contributed by atoms with Crippen molar-refractivity contribution in [3.63, 3.8) is 0 Å². The van der Waals surface area contributed by atoms with Crippen molar-refractivity contribution >= 4 is 45.1 Å². The van der Waals surface area contributed by atoms with Crippen molar-refractivity contribution in [1.29, 1.82) is 0 Å². The SMILES string of the molecule is O=C1[C@@H]2[C@@H](CC(CO)=C([C@H](O)CC/C(=C/c3cc(Br)ccc3O)c3ccccc3)[C@@H]2CO)C(=O)N1c1ccccc1. The van der Waals surface area contributed by atoms with E-state index in [9.17, 15) is 30.0 Å². The van der Waals surface area contributed by atoms with Crippen molar-refractivity contribution in [1.82, 2.24) is 0 Å². The Balaban J connectivity index is 1.44. The summed E-state index contributed by atoms with van der Waals surface area (Å²) in [6, 6.07) is 23.5. The van der Waals surface area contributed by atoms with E-state index < -0.39 is 36.4 Å². The predicted molar refractivity (Wildman–Crippen MR) is 161 cm³/mol. The van der Waals surface area contributed by atoms with E-state index in [2.05, 4.69) is 15.9 Å². The van der Waals surface area contributed by atoms with Crippen molar-refractivity contribution in [2.24, 2.45) is 17.8 Å². The Morgan fingerprint density at radius 2 is 1.66 bits per heavy atom. The Morgan fingerprint density at radius 1 is 0.976 bits per heavy atom. The molecule has 8 heteroatoms. The van der Waals surface area contributed by atoms with Crippen LogP contribution >= 0.6 is 15.9 Å². The van der Waals surface area contributed by atoms with Gasteiger partial charge in [-0.2, -0.15) is 0 Å². The van der Waals surface area contributed by atoms with Crippen LogP contribution in [-0.2, 0) is 9.59 Å². The van der Waals surface area contributed by atoms with Crippen molar-refractivity contribution < 1.29 is 30.0 Å². The fourth-order valence-corrected chi connectivity index (χ4v) is 6.54. The number of rotatable bonds is 9. The normalized spacial score (nSPS) is 21.8. The third-order valence-corrected chi connectivity index (χ3v) is 8.59. The second-order valence-corrected chi connectivity index (χ2v) is 11.4. The van der Waals surface area contributed by atoms with Gasteiger partial charge in [0.15, 0.2) is 0 Å². The number of benzene rings is 3. The summed E-state index contributed by atoms with van der Waals surface area (Å²) < 4.78 is 0.814. The van der Waals surface area contributed by atoms with Crippen LogP contribution in [0.5, 0.6) is 5.75 Å². The minimum atomic E-state index is -1.06. The lowest BCUT2D eigenvalue weighted by molar-refractivity contribution is -0.123. The molecule has 7 nitrogen and oxygen atoms in total. The van der Waals surface area contributed by atoms with Crippen LogP contribution in [0.15, 0.2) is 94.5 Å². The van der Waals surface area contributed by atoms with Gasteiger partial charge < -0.3 is 20.4 Å². The fraction of sp³-hybridized carbons (Fsp3) is 0.273. The molecular weight excluding hydrogens is 586 g/mol. The molecule has 1 aliphatic carbocycles. The van der Waals surface area contributed by atoms with Crippen LogP contribution in [0.25, 0.3) is 11.6 Å². The van der Waals surface area contributed by atoms with Crippen LogP contribution in [0.2, 0.25) is 0 Å². The number of anilines is 1. The zero-order valence-electron chi connectivity index (χ0n) is 22.4. The summed E-state index contributed by atoms with van der Waals surface area (Å²) in [5.41, 5.74) is 3.81. The van der Waals surface area contributed by atoms with Crippen LogP contribution < -0.4 is 4.90 Å². The summed E-state index contributed by atoms with van der Waals surface area (Å²) in [5.74, 6) is -2.96. The Bertz CT molecular complexity index is 1490. The number of carbonyl (C=O) groups is 2. The zero-order chi connectivity index (χ0) is 29.1. The highest BCUT2D eigenvalue weighted by Crippen LogP contribution is 2.47. The van der Waals surface area contributed by atoms with E-state index in [1.165, 1.54) is 4.90 Å². The lowest BCUT2D eigenvalue weighted by atomic mass is 9.68. The minimum absolute atomic E-state index is 0.124. The van der Waals surface area contributed by atoms with E-state index in [1.54, 1.807) is 42.5 Å². The van der Waals surface area contributed by atoms with E-state index in [0.717, 1.165) is 15.6 Å². The molecule has 1 aliphatic heterocycles. The molecule has 2 aliphatic rings. The first-order valence-corrected chi connectivity index (χ1v) is 14.4. The molecule has 1 saturated heterocycles. The van der Waals surface area contributed by atoms with E-state index >= 15 is 0 Å². The van der Waals surface area contributed by atoms with Gasteiger partial charge in [0, 0.05) is 16.0 Å². The highest BCUT2D eigenvalue weighted by molar-refractivity contribution is 9.10. The molecule has 3 aromatic rings. The van der Waals surface area contributed by atoms with Crippen molar-refractivity contribution in [2.45, 2.75) is 25.4 Å². The maximum atomic E-state index is 13.6. The molecule has 1 fully saturated rings. The van der Waals surface area contributed by atoms with Gasteiger partial charge in [-0.15, -0.1) is 0 Å². The van der Waals surface area contributed by atoms with Gasteiger partial charge in [-0.25, -0.2) is 0 Å². The molecule has 0 saturated carbocycles. The standard InChI is InChI=1S/C33H32BrNO6/c34-24-12-14-28(38)22(16-24)15-21(20-7-3-1-4-8-20)11-13-29(39)30-23(18-36)17-26-31(27(30)19-37)33(41)35(32(26)40)25-9-5-2-6-10-25/h1-10,12,14-16,26-27,29,31,36-39H,11,13,17-19H2/b21-15-/t26-,27+,29-,31-/m1/s1. The molecule has 41 heavy (non-hydrogen) atoms. The summed E-state index contributed by atoms with van der Waals surface area (Å²) >= 11 is 3.45. The quantitative estimate of drug-likeness (QED) is 0.153. The molecule has 0 bridgehead atoms. The van der Waals surface area contributed by atoms with Crippen LogP contribution in [0.4, 0.5) is 5.69 Å². The van der Waals surface area contributed by atoms with Gasteiger partial charge in [0.25, 0.3) is 0 Å². The molecule has 2 amide bonds. The number of phenols is 1. The molecule has 3 aromatic carbocycles. The Labute approximate surface area is 247 Å². The van der Waals surface area contributed by atoms with Gasteiger partial charge in [0.2, 0.25) is 11.8 Å². The van der Waals surface area contributed by atoms with Gasteiger partial charge in [0.05, 0.1) is 36.8 Å². The number of para-hydroxylation sites is 1. The first kappa shape index (κ1) is 29.0.